The Bertz CT molecular complexity index is 430. The number of para-hydroxylation sites is 1. The molecule has 0 unspecified atom stereocenters. The van der Waals surface area contributed by atoms with Gasteiger partial charge in [-0.2, -0.15) is 0 Å². The Morgan fingerprint density at radius 2 is 2.17 bits per heavy atom. The van der Waals surface area contributed by atoms with Gasteiger partial charge in [-0.05, 0) is 28.1 Å². The number of halogens is 1. The second kappa shape index (κ2) is 2.71. The van der Waals surface area contributed by atoms with E-state index in [1.165, 1.54) is 0 Å². The minimum Gasteiger partial charge on any atom is -0.506 e. The fourth-order valence-electron chi connectivity index (χ4n) is 0.997. The van der Waals surface area contributed by atoms with Gasteiger partial charge in [-0.25, -0.2) is 4.98 Å². The summed E-state index contributed by atoms with van der Waals surface area (Å²) < 4.78 is 0.622. The van der Waals surface area contributed by atoms with E-state index in [0.717, 1.165) is 0 Å². The van der Waals surface area contributed by atoms with E-state index in [0.29, 0.717) is 15.6 Å². The van der Waals surface area contributed by atoms with Gasteiger partial charge in [0.15, 0.2) is 0 Å². The SMILES string of the molecule is Oc1cccc2ncc(Br)nc12. The molecule has 2 rings (SSSR count). The van der Waals surface area contributed by atoms with Crippen molar-refractivity contribution in [3.8, 4) is 5.75 Å². The number of nitrogens with zero attached hydrogens (tertiary/aromatic N) is 2. The summed E-state index contributed by atoms with van der Waals surface area (Å²) in [4.78, 5) is 8.15. The van der Waals surface area contributed by atoms with Gasteiger partial charge in [0.25, 0.3) is 0 Å². The smallest absolute Gasteiger partial charge is 0.143 e. The highest BCUT2D eigenvalue weighted by Gasteiger charge is 2.01. The molecule has 0 spiro atoms. The van der Waals surface area contributed by atoms with Crippen LogP contribution in [0.5, 0.6) is 5.75 Å². The van der Waals surface area contributed by atoms with Crippen LogP contribution in [0.4, 0.5) is 0 Å². The van der Waals surface area contributed by atoms with Gasteiger partial charge in [0.1, 0.15) is 15.9 Å². The number of fused-ring (bicyclic) bond motifs is 1. The Morgan fingerprint density at radius 3 is 3.00 bits per heavy atom. The van der Waals surface area contributed by atoms with Gasteiger partial charge in [-0.3, -0.25) is 4.98 Å². The molecule has 1 aromatic carbocycles. The van der Waals surface area contributed by atoms with E-state index in [4.69, 9.17) is 0 Å². The topological polar surface area (TPSA) is 46.0 Å². The van der Waals surface area contributed by atoms with Gasteiger partial charge in [-0.15, -0.1) is 0 Å². The molecule has 1 aromatic heterocycles. The van der Waals surface area contributed by atoms with Crippen molar-refractivity contribution in [2.24, 2.45) is 0 Å². The summed E-state index contributed by atoms with van der Waals surface area (Å²) in [6.45, 7) is 0. The van der Waals surface area contributed by atoms with Gasteiger partial charge in [0.05, 0.1) is 11.7 Å². The van der Waals surface area contributed by atoms with E-state index in [1.807, 2.05) is 0 Å². The first-order valence-corrected chi connectivity index (χ1v) is 4.17. The van der Waals surface area contributed by atoms with Gasteiger partial charge in [0.2, 0.25) is 0 Å². The Labute approximate surface area is 77.2 Å². The van der Waals surface area contributed by atoms with Crippen molar-refractivity contribution in [1.82, 2.24) is 9.97 Å². The lowest BCUT2D eigenvalue weighted by atomic mass is 10.3. The molecule has 3 nitrogen and oxygen atoms in total. The lowest BCUT2D eigenvalue weighted by Crippen LogP contribution is -1.83. The monoisotopic (exact) mass is 224 g/mol. The zero-order chi connectivity index (χ0) is 8.55. The quantitative estimate of drug-likeness (QED) is 0.746. The van der Waals surface area contributed by atoms with E-state index >= 15 is 0 Å². The van der Waals surface area contributed by atoms with Gasteiger partial charge in [-0.1, -0.05) is 6.07 Å². The summed E-state index contributed by atoms with van der Waals surface area (Å²) in [6, 6.07) is 5.12. The number of phenols is 1. The molecule has 0 amide bonds. The molecule has 0 bridgehead atoms. The van der Waals surface area contributed by atoms with Crippen LogP contribution in [0.2, 0.25) is 0 Å². The number of phenolic OH excluding ortho intramolecular Hbond substituents is 1. The molecule has 0 aliphatic rings. The molecule has 0 radical (unpaired) electrons. The highest BCUT2D eigenvalue weighted by molar-refractivity contribution is 9.10. The summed E-state index contributed by atoms with van der Waals surface area (Å²) in [5, 5.41) is 9.37. The molecule has 2 aromatic rings. The molecule has 0 saturated heterocycles. The summed E-state index contributed by atoms with van der Waals surface area (Å²) >= 11 is 3.18. The van der Waals surface area contributed by atoms with Crippen LogP contribution < -0.4 is 0 Å². The van der Waals surface area contributed by atoms with Crippen molar-refractivity contribution >= 4 is 27.0 Å². The molecule has 0 saturated carbocycles. The second-order valence-corrected chi connectivity index (χ2v) is 3.15. The molecule has 1 heterocycles. The Kier molecular flexibility index (Phi) is 1.69. The molecule has 60 valence electrons. The number of hydrogen-bond acceptors (Lipinski definition) is 3. The van der Waals surface area contributed by atoms with Crippen LogP contribution in [0, 0.1) is 0 Å². The molecule has 0 aliphatic carbocycles. The zero-order valence-electron chi connectivity index (χ0n) is 6.03. The number of benzene rings is 1. The maximum absolute atomic E-state index is 9.37. The summed E-state index contributed by atoms with van der Waals surface area (Å²) in [5.74, 6) is 0.154. The normalized spacial score (nSPS) is 10.4. The molecule has 1 N–H and O–H groups in total. The fourth-order valence-corrected chi connectivity index (χ4v) is 1.28. The maximum Gasteiger partial charge on any atom is 0.143 e. The van der Waals surface area contributed by atoms with Crippen molar-refractivity contribution in [3.05, 3.63) is 29.0 Å². The third-order valence-corrected chi connectivity index (χ3v) is 1.90. The van der Waals surface area contributed by atoms with Crippen LogP contribution in [0.3, 0.4) is 0 Å². The van der Waals surface area contributed by atoms with E-state index in [9.17, 15) is 5.11 Å². The summed E-state index contributed by atoms with van der Waals surface area (Å²) in [5.41, 5.74) is 1.21. The third kappa shape index (κ3) is 1.14. The second-order valence-electron chi connectivity index (χ2n) is 2.34. The van der Waals surface area contributed by atoms with Crippen molar-refractivity contribution in [2.75, 3.05) is 0 Å². The van der Waals surface area contributed by atoms with E-state index in [-0.39, 0.29) is 5.75 Å². The summed E-state index contributed by atoms with van der Waals surface area (Å²) in [6.07, 6.45) is 1.60. The largest absolute Gasteiger partial charge is 0.506 e. The lowest BCUT2D eigenvalue weighted by molar-refractivity contribution is 0.480. The third-order valence-electron chi connectivity index (χ3n) is 1.52. The molecule has 4 heteroatoms. The highest BCUT2D eigenvalue weighted by Crippen LogP contribution is 2.21. The molecule has 0 fully saturated rings. The number of hydrogen-bond donors (Lipinski definition) is 1. The van der Waals surface area contributed by atoms with Crippen LogP contribution >= 0.6 is 15.9 Å². The van der Waals surface area contributed by atoms with E-state index in [2.05, 4.69) is 25.9 Å². The van der Waals surface area contributed by atoms with Crippen molar-refractivity contribution in [1.29, 1.82) is 0 Å². The minimum absolute atomic E-state index is 0.154. The van der Waals surface area contributed by atoms with Crippen LogP contribution in [0.1, 0.15) is 0 Å². The number of aromatic hydroxyl groups is 1. The molecular weight excluding hydrogens is 220 g/mol. The Hall–Kier alpha value is -1.16. The molecule has 0 atom stereocenters. The van der Waals surface area contributed by atoms with E-state index < -0.39 is 0 Å². The van der Waals surface area contributed by atoms with E-state index in [1.54, 1.807) is 24.4 Å². The minimum atomic E-state index is 0.154. The van der Waals surface area contributed by atoms with Crippen LogP contribution in [0.15, 0.2) is 29.0 Å². The van der Waals surface area contributed by atoms with Gasteiger partial charge < -0.3 is 5.11 Å². The predicted molar refractivity (Wildman–Crippen MR) is 48.9 cm³/mol. The Morgan fingerprint density at radius 1 is 1.33 bits per heavy atom. The number of rotatable bonds is 0. The van der Waals surface area contributed by atoms with Crippen LogP contribution in [-0.2, 0) is 0 Å². The first-order chi connectivity index (χ1) is 5.77. The average molecular weight is 225 g/mol. The van der Waals surface area contributed by atoms with Crippen molar-refractivity contribution in [3.63, 3.8) is 0 Å². The van der Waals surface area contributed by atoms with Crippen LogP contribution in [-0.4, -0.2) is 15.1 Å². The standard InChI is InChI=1S/C8H5BrN2O/c9-7-4-10-5-2-1-3-6(12)8(5)11-7/h1-4,12H. The first kappa shape index (κ1) is 7.49. The summed E-state index contributed by atoms with van der Waals surface area (Å²) in [7, 11) is 0. The van der Waals surface area contributed by atoms with Crippen molar-refractivity contribution < 1.29 is 5.11 Å². The molecule has 12 heavy (non-hydrogen) atoms. The number of aromatic nitrogens is 2. The fraction of sp³-hybridized carbons (Fsp3) is 0. The average Bonchev–Trinajstić information content (AvgIpc) is 2.07. The van der Waals surface area contributed by atoms with Gasteiger partial charge >= 0.3 is 0 Å². The van der Waals surface area contributed by atoms with Crippen LogP contribution in [0.25, 0.3) is 11.0 Å². The molecular formula is C8H5BrN2O. The highest BCUT2D eigenvalue weighted by atomic mass is 79.9. The van der Waals surface area contributed by atoms with Crippen molar-refractivity contribution in [2.45, 2.75) is 0 Å². The molecule has 0 aliphatic heterocycles. The maximum atomic E-state index is 9.37. The Balaban J connectivity index is 2.88. The first-order valence-electron chi connectivity index (χ1n) is 3.37. The van der Waals surface area contributed by atoms with Gasteiger partial charge in [0, 0.05) is 0 Å². The lowest BCUT2D eigenvalue weighted by Gasteiger charge is -1.98. The zero-order valence-corrected chi connectivity index (χ0v) is 7.62. The predicted octanol–water partition coefficient (Wildman–Crippen LogP) is 2.10.